The van der Waals surface area contributed by atoms with Crippen molar-refractivity contribution < 1.29 is 8.42 Å². The molecule has 0 amide bonds. The summed E-state index contributed by atoms with van der Waals surface area (Å²) >= 11 is 1.74. The largest absolute Gasteiger partial charge is 0.315 e. The summed E-state index contributed by atoms with van der Waals surface area (Å²) in [5, 5.41) is 3.13. The second-order valence-corrected chi connectivity index (χ2v) is 9.19. The monoisotopic (exact) mass is 308 g/mol. The first-order valence-corrected chi connectivity index (χ1v) is 10.2. The molecule has 19 heavy (non-hydrogen) atoms. The minimum atomic E-state index is -2.99. The number of hydrogen-bond donors (Lipinski definition) is 1. The van der Waals surface area contributed by atoms with Gasteiger partial charge in [-0.25, -0.2) is 8.42 Å². The van der Waals surface area contributed by atoms with E-state index in [1.54, 1.807) is 11.8 Å². The fraction of sp³-hybridized carbons (Fsp3) is 1.00. The quantitative estimate of drug-likeness (QED) is 0.721. The van der Waals surface area contributed by atoms with E-state index in [0.29, 0.717) is 11.7 Å². The molecule has 0 spiro atoms. The van der Waals surface area contributed by atoms with Crippen LogP contribution in [0.4, 0.5) is 0 Å². The van der Waals surface area contributed by atoms with E-state index in [0.717, 1.165) is 31.8 Å². The van der Waals surface area contributed by atoms with Crippen molar-refractivity contribution in [2.45, 2.75) is 38.6 Å². The molecule has 0 saturated carbocycles. The van der Waals surface area contributed by atoms with Crippen molar-refractivity contribution in [1.29, 1.82) is 0 Å². The van der Waals surface area contributed by atoms with Crippen LogP contribution >= 0.6 is 11.8 Å². The lowest BCUT2D eigenvalue weighted by Crippen LogP contribution is -2.53. The number of nitrogens with one attached hydrogen (secondary N) is 1. The van der Waals surface area contributed by atoms with E-state index < -0.39 is 9.84 Å². The number of nitrogens with zero attached hydrogens (tertiary/aromatic N) is 1. The molecule has 0 aromatic heterocycles. The lowest BCUT2D eigenvalue weighted by molar-refractivity contribution is 0.200. The second-order valence-electron chi connectivity index (χ2n) is 5.83. The summed E-state index contributed by atoms with van der Waals surface area (Å²) < 4.78 is 23.7. The first-order valence-electron chi connectivity index (χ1n) is 7.05. The molecule has 2 unspecified atom stereocenters. The molecular formula is C13H28N2O2S2. The summed E-state index contributed by atoms with van der Waals surface area (Å²) in [5.41, 5.74) is 0. The van der Waals surface area contributed by atoms with Gasteiger partial charge in [-0.15, -0.1) is 0 Å². The van der Waals surface area contributed by atoms with Gasteiger partial charge in [-0.1, -0.05) is 13.8 Å². The van der Waals surface area contributed by atoms with Crippen LogP contribution in [0, 0.1) is 5.92 Å². The Labute approximate surface area is 122 Å². The molecule has 0 aromatic carbocycles. The third-order valence-electron chi connectivity index (χ3n) is 3.52. The zero-order chi connectivity index (χ0) is 14.5. The van der Waals surface area contributed by atoms with Crippen LogP contribution in [-0.2, 0) is 9.84 Å². The van der Waals surface area contributed by atoms with Gasteiger partial charge in [-0.05, 0) is 25.8 Å². The third-order valence-corrected chi connectivity index (χ3v) is 6.18. The van der Waals surface area contributed by atoms with Crippen molar-refractivity contribution in [3.63, 3.8) is 0 Å². The van der Waals surface area contributed by atoms with E-state index in [2.05, 4.69) is 31.0 Å². The molecule has 1 aliphatic rings. The minimum absolute atomic E-state index is 0.271. The van der Waals surface area contributed by atoms with Gasteiger partial charge in [0.25, 0.3) is 0 Å². The number of hydrogen-bond acceptors (Lipinski definition) is 5. The zero-order valence-electron chi connectivity index (χ0n) is 12.6. The van der Waals surface area contributed by atoms with Gasteiger partial charge in [-0.3, -0.25) is 4.90 Å². The highest BCUT2D eigenvalue weighted by molar-refractivity contribution is 8.00. The summed E-state index contributed by atoms with van der Waals surface area (Å²) in [5.74, 6) is 2.44. The number of thioether (sulfide) groups is 1. The Kier molecular flexibility index (Phi) is 7.14. The lowest BCUT2D eigenvalue weighted by Gasteiger charge is -2.38. The smallest absolute Gasteiger partial charge is 0.164 e. The fourth-order valence-corrected chi connectivity index (χ4v) is 5.27. The van der Waals surface area contributed by atoms with E-state index in [-0.39, 0.29) is 11.4 Å². The Morgan fingerprint density at radius 2 is 2.05 bits per heavy atom. The lowest BCUT2D eigenvalue weighted by atomic mass is 10.1. The number of rotatable bonds is 7. The van der Waals surface area contributed by atoms with Gasteiger partial charge in [0, 0.05) is 36.9 Å². The summed E-state index contributed by atoms with van der Waals surface area (Å²) in [7, 11) is -2.99. The van der Waals surface area contributed by atoms with E-state index in [9.17, 15) is 8.42 Å². The SMILES string of the molecule is CC(C)CCNCC(C)N1CCSCC1S(C)(=O)=O. The Balaban J connectivity index is 2.46. The molecular weight excluding hydrogens is 280 g/mol. The van der Waals surface area contributed by atoms with Crippen LogP contribution in [0.25, 0.3) is 0 Å². The Morgan fingerprint density at radius 3 is 2.63 bits per heavy atom. The summed E-state index contributed by atoms with van der Waals surface area (Å²) in [6, 6.07) is 0.271. The fourth-order valence-electron chi connectivity index (χ4n) is 2.29. The molecule has 1 N–H and O–H groups in total. The van der Waals surface area contributed by atoms with Crippen molar-refractivity contribution in [2.75, 3.05) is 37.4 Å². The van der Waals surface area contributed by atoms with Gasteiger partial charge in [0.1, 0.15) is 5.37 Å². The third kappa shape index (κ3) is 6.02. The molecule has 0 bridgehead atoms. The van der Waals surface area contributed by atoms with Gasteiger partial charge in [-0.2, -0.15) is 11.8 Å². The Morgan fingerprint density at radius 1 is 1.37 bits per heavy atom. The normalized spacial score (nSPS) is 23.7. The zero-order valence-corrected chi connectivity index (χ0v) is 14.2. The number of sulfone groups is 1. The molecule has 0 radical (unpaired) electrons. The van der Waals surface area contributed by atoms with Gasteiger partial charge in [0.2, 0.25) is 0 Å². The van der Waals surface area contributed by atoms with Crippen molar-refractivity contribution in [3.8, 4) is 0 Å². The Hall–Kier alpha value is 0.220. The maximum Gasteiger partial charge on any atom is 0.164 e. The first-order chi connectivity index (χ1) is 8.82. The van der Waals surface area contributed by atoms with E-state index in [1.807, 2.05) is 0 Å². The highest BCUT2D eigenvalue weighted by Crippen LogP contribution is 2.22. The predicted molar refractivity (Wildman–Crippen MR) is 84.4 cm³/mol. The van der Waals surface area contributed by atoms with Gasteiger partial charge < -0.3 is 5.32 Å². The molecule has 114 valence electrons. The van der Waals surface area contributed by atoms with Gasteiger partial charge in [0.15, 0.2) is 9.84 Å². The van der Waals surface area contributed by atoms with Crippen LogP contribution in [0.2, 0.25) is 0 Å². The maximum atomic E-state index is 11.8. The topological polar surface area (TPSA) is 49.4 Å². The van der Waals surface area contributed by atoms with Crippen LogP contribution < -0.4 is 5.32 Å². The molecule has 0 aliphatic carbocycles. The van der Waals surface area contributed by atoms with Crippen molar-refractivity contribution in [1.82, 2.24) is 10.2 Å². The molecule has 1 aliphatic heterocycles. The highest BCUT2D eigenvalue weighted by Gasteiger charge is 2.33. The standard InChI is InChI=1S/C13H28N2O2S2/c1-11(2)5-6-14-9-12(3)15-7-8-18-10-13(15)19(4,16)17/h11-14H,5-10H2,1-4H3. The van der Waals surface area contributed by atoms with Crippen molar-refractivity contribution >= 4 is 21.6 Å². The molecule has 6 heteroatoms. The van der Waals surface area contributed by atoms with Crippen LogP contribution in [0.3, 0.4) is 0 Å². The second kappa shape index (κ2) is 7.86. The first kappa shape index (κ1) is 17.3. The van der Waals surface area contributed by atoms with Crippen LogP contribution in [-0.4, -0.2) is 62.1 Å². The van der Waals surface area contributed by atoms with Crippen LogP contribution in [0.15, 0.2) is 0 Å². The maximum absolute atomic E-state index is 11.8. The summed E-state index contributed by atoms with van der Waals surface area (Å²) in [6.07, 6.45) is 2.52. The predicted octanol–water partition coefficient (Wildman–Crippen LogP) is 1.43. The average molecular weight is 309 g/mol. The Bertz CT molecular complexity index is 358. The molecule has 1 fully saturated rings. The molecule has 1 heterocycles. The molecule has 1 rings (SSSR count). The van der Waals surface area contributed by atoms with Crippen molar-refractivity contribution in [3.05, 3.63) is 0 Å². The minimum Gasteiger partial charge on any atom is -0.315 e. The average Bonchev–Trinajstić information content (AvgIpc) is 2.33. The molecule has 0 aromatic rings. The molecule has 4 nitrogen and oxygen atoms in total. The van der Waals surface area contributed by atoms with Crippen molar-refractivity contribution in [2.24, 2.45) is 5.92 Å². The van der Waals surface area contributed by atoms with Gasteiger partial charge in [0.05, 0.1) is 0 Å². The summed E-state index contributed by atoms with van der Waals surface area (Å²) in [6.45, 7) is 9.29. The summed E-state index contributed by atoms with van der Waals surface area (Å²) in [4.78, 5) is 2.15. The molecule has 2 atom stereocenters. The van der Waals surface area contributed by atoms with Crippen LogP contribution in [0.5, 0.6) is 0 Å². The van der Waals surface area contributed by atoms with E-state index >= 15 is 0 Å². The van der Waals surface area contributed by atoms with E-state index in [1.165, 1.54) is 6.26 Å². The van der Waals surface area contributed by atoms with Crippen LogP contribution in [0.1, 0.15) is 27.2 Å². The van der Waals surface area contributed by atoms with Gasteiger partial charge >= 0.3 is 0 Å². The van der Waals surface area contributed by atoms with E-state index in [4.69, 9.17) is 0 Å². The molecule has 1 saturated heterocycles. The highest BCUT2D eigenvalue weighted by atomic mass is 32.2.